The second-order valence-electron chi connectivity index (χ2n) is 7.05. The third-order valence-corrected chi connectivity index (χ3v) is 5.05. The third kappa shape index (κ3) is 4.69. The van der Waals surface area contributed by atoms with Gasteiger partial charge in [-0.1, -0.05) is 85.4 Å². The maximum Gasteiger partial charge on any atom is 0.330 e. The summed E-state index contributed by atoms with van der Waals surface area (Å²) in [7, 11) is 0. The summed E-state index contributed by atoms with van der Waals surface area (Å²) in [4.78, 5) is 11.3. The zero-order chi connectivity index (χ0) is 21.5. The molecule has 4 nitrogen and oxygen atoms in total. The molecule has 0 N–H and O–H groups in total. The van der Waals surface area contributed by atoms with Crippen molar-refractivity contribution in [3.63, 3.8) is 0 Å². The number of rotatable bonds is 9. The van der Waals surface area contributed by atoms with E-state index in [1.54, 1.807) is 0 Å². The highest BCUT2D eigenvalue weighted by Gasteiger charge is 2.16. The average Bonchev–Trinajstić information content (AvgIpc) is 2.83. The highest BCUT2D eigenvalue weighted by Crippen LogP contribution is 2.42. The highest BCUT2D eigenvalue weighted by atomic mass is 16.6. The Labute approximate surface area is 181 Å². The fraction of sp³-hybridized carbons (Fsp3) is 0.148. The molecule has 0 fully saturated rings. The summed E-state index contributed by atoms with van der Waals surface area (Å²) >= 11 is 0. The van der Waals surface area contributed by atoms with E-state index in [0.717, 1.165) is 45.5 Å². The lowest BCUT2D eigenvalue weighted by molar-refractivity contribution is -0.138. The van der Waals surface area contributed by atoms with Gasteiger partial charge in [0.05, 0.1) is 6.61 Å². The molecule has 0 aromatic heterocycles. The number of hydrogen-bond donors (Lipinski definition) is 0. The molecule has 0 aliphatic heterocycles. The van der Waals surface area contributed by atoms with Crippen molar-refractivity contribution in [3.8, 4) is 11.5 Å². The van der Waals surface area contributed by atoms with Gasteiger partial charge in [0.15, 0.2) is 0 Å². The second kappa shape index (κ2) is 9.81. The molecule has 4 aromatic carbocycles. The predicted octanol–water partition coefficient (Wildman–Crippen LogP) is 5.72. The van der Waals surface area contributed by atoms with Crippen LogP contribution in [0.3, 0.4) is 0 Å². The van der Waals surface area contributed by atoms with Crippen LogP contribution < -0.4 is 9.47 Å². The van der Waals surface area contributed by atoms with Crippen molar-refractivity contribution in [2.75, 3.05) is 19.8 Å². The van der Waals surface area contributed by atoms with Gasteiger partial charge in [0.2, 0.25) is 0 Å². The van der Waals surface area contributed by atoms with Crippen LogP contribution in [-0.2, 0) is 16.0 Å². The number of hydrogen-bond acceptors (Lipinski definition) is 4. The van der Waals surface area contributed by atoms with Gasteiger partial charge in [0, 0.05) is 34.0 Å². The second-order valence-corrected chi connectivity index (χ2v) is 7.05. The Kier molecular flexibility index (Phi) is 6.48. The van der Waals surface area contributed by atoms with Gasteiger partial charge in [-0.25, -0.2) is 4.79 Å². The van der Waals surface area contributed by atoms with Crippen molar-refractivity contribution >= 4 is 27.5 Å². The molecule has 0 bridgehead atoms. The Bertz CT molecular complexity index is 1140. The standard InChI is InChI=1S/C27H24O4/c1-2-25(28)29-18-19-31-27-23-14-8-6-12-21(23)26(22-13-7-9-15-24(22)27)30-17-16-20-10-4-3-5-11-20/h2-15H,1,16-19H2. The monoisotopic (exact) mass is 412 g/mol. The molecule has 4 aromatic rings. The molecular weight excluding hydrogens is 388 g/mol. The molecule has 156 valence electrons. The topological polar surface area (TPSA) is 44.8 Å². The molecule has 0 amide bonds. The fourth-order valence-electron chi connectivity index (χ4n) is 3.62. The number of benzene rings is 4. The van der Waals surface area contributed by atoms with Gasteiger partial charge < -0.3 is 14.2 Å². The van der Waals surface area contributed by atoms with Crippen LogP contribution in [0.25, 0.3) is 21.5 Å². The summed E-state index contributed by atoms with van der Waals surface area (Å²) in [5.74, 6) is 1.16. The zero-order valence-electron chi connectivity index (χ0n) is 17.3. The van der Waals surface area contributed by atoms with Crippen LogP contribution in [0.1, 0.15) is 5.56 Å². The summed E-state index contributed by atoms with van der Waals surface area (Å²) < 4.78 is 17.5. The molecule has 0 atom stereocenters. The number of fused-ring (bicyclic) bond motifs is 2. The summed E-state index contributed by atoms with van der Waals surface area (Å²) in [6.07, 6.45) is 1.97. The van der Waals surface area contributed by atoms with Crippen molar-refractivity contribution in [3.05, 3.63) is 97.1 Å². The van der Waals surface area contributed by atoms with E-state index in [4.69, 9.17) is 14.2 Å². The maximum absolute atomic E-state index is 11.3. The van der Waals surface area contributed by atoms with E-state index in [0.29, 0.717) is 6.61 Å². The zero-order valence-corrected chi connectivity index (χ0v) is 17.3. The van der Waals surface area contributed by atoms with Crippen LogP contribution in [-0.4, -0.2) is 25.8 Å². The predicted molar refractivity (Wildman–Crippen MR) is 124 cm³/mol. The van der Waals surface area contributed by atoms with E-state index in [-0.39, 0.29) is 13.2 Å². The van der Waals surface area contributed by atoms with E-state index >= 15 is 0 Å². The summed E-state index contributed by atoms with van der Waals surface area (Å²) in [5.41, 5.74) is 1.24. The molecule has 0 aliphatic carbocycles. The van der Waals surface area contributed by atoms with Crippen LogP contribution >= 0.6 is 0 Å². The van der Waals surface area contributed by atoms with E-state index in [9.17, 15) is 4.79 Å². The molecular formula is C27H24O4. The van der Waals surface area contributed by atoms with Crippen molar-refractivity contribution < 1.29 is 19.0 Å². The fourth-order valence-corrected chi connectivity index (χ4v) is 3.62. The molecule has 0 spiro atoms. The Balaban J connectivity index is 1.65. The SMILES string of the molecule is C=CC(=O)OCCOc1c2ccccc2c(OCCc2ccccc2)c2ccccc12. The van der Waals surface area contributed by atoms with Crippen LogP contribution in [0, 0.1) is 0 Å². The van der Waals surface area contributed by atoms with Crippen molar-refractivity contribution in [2.24, 2.45) is 0 Å². The Morgan fingerprint density at radius 3 is 1.68 bits per heavy atom. The van der Waals surface area contributed by atoms with Gasteiger partial charge in [0.25, 0.3) is 0 Å². The first-order valence-corrected chi connectivity index (χ1v) is 10.3. The first kappa shape index (κ1) is 20.5. The highest BCUT2D eigenvalue weighted by molar-refractivity contribution is 6.11. The van der Waals surface area contributed by atoms with Gasteiger partial charge in [-0.05, 0) is 5.56 Å². The van der Waals surface area contributed by atoms with Crippen molar-refractivity contribution in [1.29, 1.82) is 0 Å². The quantitative estimate of drug-likeness (QED) is 0.153. The van der Waals surface area contributed by atoms with E-state index < -0.39 is 5.97 Å². The number of carbonyl (C=O) groups excluding carboxylic acids is 1. The van der Waals surface area contributed by atoms with E-state index in [1.807, 2.05) is 66.7 Å². The lowest BCUT2D eigenvalue weighted by atomic mass is 10.0. The van der Waals surface area contributed by atoms with Crippen LogP contribution in [0.15, 0.2) is 91.5 Å². The normalized spacial score (nSPS) is 10.7. The van der Waals surface area contributed by atoms with Gasteiger partial charge >= 0.3 is 5.97 Å². The molecule has 4 heteroatoms. The summed E-state index contributed by atoms with van der Waals surface area (Å²) in [6.45, 7) is 4.39. The maximum atomic E-state index is 11.3. The van der Waals surface area contributed by atoms with Crippen molar-refractivity contribution in [1.82, 2.24) is 0 Å². The number of esters is 1. The molecule has 0 heterocycles. The van der Waals surface area contributed by atoms with Crippen LogP contribution in [0.4, 0.5) is 0 Å². The number of ether oxygens (including phenoxy) is 3. The molecule has 0 aliphatic rings. The lowest BCUT2D eigenvalue weighted by Gasteiger charge is -2.18. The van der Waals surface area contributed by atoms with E-state index in [1.165, 1.54) is 5.56 Å². The minimum Gasteiger partial charge on any atom is -0.492 e. The van der Waals surface area contributed by atoms with Crippen LogP contribution in [0.2, 0.25) is 0 Å². The van der Waals surface area contributed by atoms with Gasteiger partial charge in [-0.15, -0.1) is 0 Å². The third-order valence-electron chi connectivity index (χ3n) is 5.05. The van der Waals surface area contributed by atoms with E-state index in [2.05, 4.69) is 18.7 Å². The smallest absolute Gasteiger partial charge is 0.330 e. The lowest BCUT2D eigenvalue weighted by Crippen LogP contribution is -2.10. The molecule has 31 heavy (non-hydrogen) atoms. The molecule has 0 radical (unpaired) electrons. The summed E-state index contributed by atoms with van der Waals surface area (Å²) in [5, 5.41) is 3.91. The molecule has 0 unspecified atom stereocenters. The molecule has 4 rings (SSSR count). The summed E-state index contributed by atoms with van der Waals surface area (Å²) in [6, 6.07) is 26.4. The minimum atomic E-state index is -0.458. The average molecular weight is 412 g/mol. The van der Waals surface area contributed by atoms with Gasteiger partial charge in [-0.2, -0.15) is 0 Å². The Hall–Kier alpha value is -3.79. The first-order valence-electron chi connectivity index (χ1n) is 10.3. The largest absolute Gasteiger partial charge is 0.492 e. The minimum absolute atomic E-state index is 0.156. The van der Waals surface area contributed by atoms with Crippen LogP contribution in [0.5, 0.6) is 11.5 Å². The first-order chi connectivity index (χ1) is 15.3. The molecule has 0 saturated carbocycles. The van der Waals surface area contributed by atoms with Crippen molar-refractivity contribution in [2.45, 2.75) is 6.42 Å². The molecule has 0 saturated heterocycles. The number of carbonyl (C=O) groups is 1. The Morgan fingerprint density at radius 2 is 1.16 bits per heavy atom. The van der Waals surface area contributed by atoms with Gasteiger partial charge in [-0.3, -0.25) is 0 Å². The van der Waals surface area contributed by atoms with Gasteiger partial charge in [0.1, 0.15) is 24.7 Å². The Morgan fingerprint density at radius 1 is 0.677 bits per heavy atom.